The third-order valence-corrected chi connectivity index (χ3v) is 5.36. The molecule has 1 N–H and O–H groups in total. The molecule has 1 spiro atoms. The lowest BCUT2D eigenvalue weighted by atomic mass is 9.89. The Kier molecular flexibility index (Phi) is 4.08. The predicted molar refractivity (Wildman–Crippen MR) is 77.5 cm³/mol. The van der Waals surface area contributed by atoms with Crippen molar-refractivity contribution in [1.82, 2.24) is 0 Å². The molecule has 0 aromatic carbocycles. The molecule has 118 valence electrons. The molecule has 1 aliphatic carbocycles. The van der Waals surface area contributed by atoms with Crippen molar-refractivity contribution >= 4 is 5.97 Å². The average Bonchev–Trinajstić information content (AvgIpc) is 3.11. The molecule has 21 heavy (non-hydrogen) atoms. The van der Waals surface area contributed by atoms with Crippen LogP contribution in [0, 0.1) is 5.92 Å². The Morgan fingerprint density at radius 2 is 2.10 bits per heavy atom. The molecule has 3 aliphatic rings. The summed E-state index contributed by atoms with van der Waals surface area (Å²) in [6.07, 6.45) is 6.54. The van der Waals surface area contributed by atoms with Gasteiger partial charge in [0, 0.05) is 12.3 Å². The van der Waals surface area contributed by atoms with Crippen LogP contribution in [0.15, 0.2) is 12.2 Å². The summed E-state index contributed by atoms with van der Waals surface area (Å²) in [5.74, 6) is -0.574. The van der Waals surface area contributed by atoms with Gasteiger partial charge < -0.3 is 19.1 Å². The van der Waals surface area contributed by atoms with Gasteiger partial charge in [0.25, 0.3) is 0 Å². The Hall–Kier alpha value is -0.910. The number of nitrogens with zero attached hydrogens (tertiary/aromatic N) is 1. The molecule has 0 aromatic heterocycles. The molecule has 2 aliphatic heterocycles. The second-order valence-electron chi connectivity index (χ2n) is 6.88. The quantitative estimate of drug-likeness (QED) is 0.477. The number of carbonyl (C=O) groups is 1. The van der Waals surface area contributed by atoms with Gasteiger partial charge in [-0.15, -0.1) is 0 Å². The molecule has 3 unspecified atom stereocenters. The van der Waals surface area contributed by atoms with E-state index in [2.05, 4.69) is 0 Å². The van der Waals surface area contributed by atoms with Crippen molar-refractivity contribution in [2.45, 2.75) is 37.9 Å². The molecule has 3 atom stereocenters. The number of esters is 1. The predicted octanol–water partition coefficient (Wildman–Crippen LogP) is 0.866. The van der Waals surface area contributed by atoms with E-state index in [0.29, 0.717) is 0 Å². The van der Waals surface area contributed by atoms with Crippen molar-refractivity contribution in [2.75, 3.05) is 39.4 Å². The lowest BCUT2D eigenvalue weighted by molar-refractivity contribution is -0.925. The Labute approximate surface area is 126 Å². The normalized spacial score (nSPS) is 34.0. The molecule has 5 heteroatoms. The molecule has 3 rings (SSSR count). The Balaban J connectivity index is 1.57. The highest BCUT2D eigenvalue weighted by molar-refractivity contribution is 5.79. The van der Waals surface area contributed by atoms with Crippen LogP contribution >= 0.6 is 0 Å². The number of ether oxygens (including phenoxy) is 2. The molecule has 0 aromatic rings. The van der Waals surface area contributed by atoms with Gasteiger partial charge in [0.05, 0.1) is 19.8 Å². The minimum Gasteiger partial charge on any atom is -0.454 e. The van der Waals surface area contributed by atoms with Gasteiger partial charge in [0.1, 0.15) is 19.6 Å². The maximum atomic E-state index is 12.3. The summed E-state index contributed by atoms with van der Waals surface area (Å²) < 4.78 is 12.1. The summed E-state index contributed by atoms with van der Waals surface area (Å²) in [6, 6.07) is 0. The van der Waals surface area contributed by atoms with Gasteiger partial charge in [-0.2, -0.15) is 0 Å². The van der Waals surface area contributed by atoms with Crippen LogP contribution in [0.3, 0.4) is 0 Å². The standard InChI is InChI=1S/C16H26NO4/c1-16(19,13-4-2-3-5-13)15(18)21-14-6-7-17(12-14)8-10-20-11-9-17/h2,4,13-14,19H,3,5-12H2,1H3/q+1. The van der Waals surface area contributed by atoms with Crippen molar-refractivity contribution < 1.29 is 23.9 Å². The highest BCUT2D eigenvalue weighted by atomic mass is 16.6. The summed E-state index contributed by atoms with van der Waals surface area (Å²) in [6.45, 7) is 7.12. The summed E-state index contributed by atoms with van der Waals surface area (Å²) in [7, 11) is 0. The van der Waals surface area contributed by atoms with E-state index in [9.17, 15) is 9.90 Å². The number of carbonyl (C=O) groups excluding carboxylic acids is 1. The van der Waals surface area contributed by atoms with Crippen molar-refractivity contribution in [1.29, 1.82) is 0 Å². The van der Waals surface area contributed by atoms with E-state index >= 15 is 0 Å². The number of aliphatic hydroxyl groups is 1. The smallest absolute Gasteiger partial charge is 0.338 e. The molecule has 0 saturated carbocycles. The van der Waals surface area contributed by atoms with Gasteiger partial charge in [-0.25, -0.2) is 4.79 Å². The van der Waals surface area contributed by atoms with Gasteiger partial charge in [-0.3, -0.25) is 0 Å². The molecule has 0 amide bonds. The van der Waals surface area contributed by atoms with Crippen molar-refractivity contribution in [3.8, 4) is 0 Å². The second kappa shape index (κ2) is 5.71. The molecule has 0 radical (unpaired) electrons. The van der Waals surface area contributed by atoms with Crippen LogP contribution in [0.2, 0.25) is 0 Å². The van der Waals surface area contributed by atoms with E-state index in [1.165, 1.54) is 0 Å². The number of morpholine rings is 1. The van der Waals surface area contributed by atoms with Gasteiger partial charge in [-0.05, 0) is 19.8 Å². The number of hydrogen-bond acceptors (Lipinski definition) is 4. The second-order valence-corrected chi connectivity index (χ2v) is 6.88. The first kappa shape index (κ1) is 15.0. The van der Waals surface area contributed by atoms with E-state index in [-0.39, 0.29) is 12.0 Å². The number of hydrogen-bond donors (Lipinski definition) is 1. The number of quaternary nitrogens is 1. The highest BCUT2D eigenvalue weighted by Gasteiger charge is 2.45. The SMILES string of the molecule is CC(O)(C(=O)OC1CC[N+]2(CCOCC2)C1)C1C=CCC1. The molecule has 2 fully saturated rings. The summed E-state index contributed by atoms with van der Waals surface area (Å²) in [5, 5.41) is 10.5. The first-order valence-electron chi connectivity index (χ1n) is 8.05. The van der Waals surface area contributed by atoms with E-state index in [4.69, 9.17) is 9.47 Å². The molecular formula is C16H26NO4+. The van der Waals surface area contributed by atoms with Crippen LogP contribution in [0.1, 0.15) is 26.2 Å². The maximum Gasteiger partial charge on any atom is 0.338 e. The zero-order chi connectivity index (χ0) is 14.9. The van der Waals surface area contributed by atoms with E-state index in [1.54, 1.807) is 6.92 Å². The first-order valence-corrected chi connectivity index (χ1v) is 8.05. The van der Waals surface area contributed by atoms with Crippen LogP contribution in [-0.2, 0) is 14.3 Å². The van der Waals surface area contributed by atoms with Gasteiger partial charge in [0.2, 0.25) is 0 Å². The molecule has 0 bridgehead atoms. The molecule has 5 nitrogen and oxygen atoms in total. The lowest BCUT2D eigenvalue weighted by Gasteiger charge is -2.37. The molecular weight excluding hydrogens is 270 g/mol. The van der Waals surface area contributed by atoms with Gasteiger partial charge in [-0.1, -0.05) is 12.2 Å². The van der Waals surface area contributed by atoms with Gasteiger partial charge in [0.15, 0.2) is 11.7 Å². The van der Waals surface area contributed by atoms with Crippen molar-refractivity contribution in [2.24, 2.45) is 5.92 Å². The fourth-order valence-electron chi connectivity index (χ4n) is 3.79. The number of allylic oxidation sites excluding steroid dienone is 1. The Morgan fingerprint density at radius 3 is 2.76 bits per heavy atom. The zero-order valence-corrected chi connectivity index (χ0v) is 12.8. The minimum absolute atomic E-state index is 0.0625. The van der Waals surface area contributed by atoms with E-state index < -0.39 is 11.6 Å². The third kappa shape index (κ3) is 3.00. The van der Waals surface area contributed by atoms with Crippen LogP contribution < -0.4 is 0 Å². The Bertz CT molecular complexity index is 426. The van der Waals surface area contributed by atoms with Crippen LogP contribution in [0.4, 0.5) is 0 Å². The van der Waals surface area contributed by atoms with E-state index in [0.717, 1.165) is 63.1 Å². The van der Waals surface area contributed by atoms with Gasteiger partial charge >= 0.3 is 5.97 Å². The topological polar surface area (TPSA) is 55.8 Å². The third-order valence-electron chi connectivity index (χ3n) is 5.36. The Morgan fingerprint density at radius 1 is 1.33 bits per heavy atom. The maximum absolute atomic E-state index is 12.3. The lowest BCUT2D eigenvalue weighted by Crippen LogP contribution is -2.54. The monoisotopic (exact) mass is 296 g/mol. The van der Waals surface area contributed by atoms with E-state index in [1.807, 2.05) is 12.2 Å². The minimum atomic E-state index is -1.40. The summed E-state index contributed by atoms with van der Waals surface area (Å²) >= 11 is 0. The van der Waals surface area contributed by atoms with Crippen LogP contribution in [0.5, 0.6) is 0 Å². The summed E-state index contributed by atoms with van der Waals surface area (Å²) in [4.78, 5) is 12.3. The average molecular weight is 296 g/mol. The number of rotatable bonds is 3. The highest BCUT2D eigenvalue weighted by Crippen LogP contribution is 2.31. The van der Waals surface area contributed by atoms with Crippen LogP contribution in [-0.4, -0.2) is 66.7 Å². The zero-order valence-electron chi connectivity index (χ0n) is 12.8. The van der Waals surface area contributed by atoms with Crippen LogP contribution in [0.25, 0.3) is 0 Å². The largest absolute Gasteiger partial charge is 0.454 e. The first-order chi connectivity index (χ1) is 10.0. The fraction of sp³-hybridized carbons (Fsp3) is 0.812. The summed E-state index contributed by atoms with van der Waals surface area (Å²) in [5.41, 5.74) is -1.40. The van der Waals surface area contributed by atoms with Crippen molar-refractivity contribution in [3.63, 3.8) is 0 Å². The molecule has 2 heterocycles. The fourth-order valence-corrected chi connectivity index (χ4v) is 3.79. The van der Waals surface area contributed by atoms with Crippen molar-refractivity contribution in [3.05, 3.63) is 12.2 Å². The molecule has 2 saturated heterocycles.